The zero-order valence-corrected chi connectivity index (χ0v) is 16.4. The predicted octanol–water partition coefficient (Wildman–Crippen LogP) is 4.13. The lowest BCUT2D eigenvalue weighted by atomic mass is 9.48. The SMILES string of the molecule is CC12c3ccccc3C(c3ccccc31)[C@@H]1C(=O)N(c3ccccc3C#N)C(=O)[C@H]12. The third-order valence-electron chi connectivity index (χ3n) is 7.31. The van der Waals surface area contributed by atoms with E-state index in [1.54, 1.807) is 24.3 Å². The van der Waals surface area contributed by atoms with Crippen LogP contribution in [0.1, 0.15) is 40.7 Å². The summed E-state index contributed by atoms with van der Waals surface area (Å²) in [5.41, 5.74) is 4.67. The molecule has 1 aliphatic heterocycles. The molecule has 7 rings (SSSR count). The topological polar surface area (TPSA) is 61.2 Å². The van der Waals surface area contributed by atoms with Crippen molar-refractivity contribution in [2.75, 3.05) is 4.90 Å². The van der Waals surface area contributed by atoms with Gasteiger partial charge in [-0.3, -0.25) is 9.59 Å². The summed E-state index contributed by atoms with van der Waals surface area (Å²) < 4.78 is 0. The molecule has 3 aromatic rings. The van der Waals surface area contributed by atoms with E-state index in [0.29, 0.717) is 11.3 Å². The molecule has 0 aromatic heterocycles. The molecule has 2 atom stereocenters. The second kappa shape index (κ2) is 5.67. The van der Waals surface area contributed by atoms with Crippen molar-refractivity contribution in [1.82, 2.24) is 0 Å². The third kappa shape index (κ3) is 1.81. The average molecular weight is 390 g/mol. The fourth-order valence-corrected chi connectivity index (χ4v) is 6.15. The number of carbonyl (C=O) groups is 2. The first-order valence-corrected chi connectivity index (χ1v) is 10.1. The molecular formula is C26H18N2O2. The van der Waals surface area contributed by atoms with Crippen LogP contribution in [-0.4, -0.2) is 11.8 Å². The first-order chi connectivity index (χ1) is 14.6. The van der Waals surface area contributed by atoms with Gasteiger partial charge in [0.15, 0.2) is 0 Å². The summed E-state index contributed by atoms with van der Waals surface area (Å²) in [5.74, 6) is -1.50. The molecule has 0 saturated carbocycles. The monoisotopic (exact) mass is 390 g/mol. The number of imide groups is 1. The number of para-hydroxylation sites is 1. The van der Waals surface area contributed by atoms with Gasteiger partial charge in [0, 0.05) is 11.3 Å². The Labute approximate surface area is 174 Å². The van der Waals surface area contributed by atoms with Gasteiger partial charge < -0.3 is 0 Å². The summed E-state index contributed by atoms with van der Waals surface area (Å²) in [6, 6.07) is 25.4. The summed E-state index contributed by atoms with van der Waals surface area (Å²) in [7, 11) is 0. The standard InChI is InChI=1S/C26H18N2O2/c1-26-18-11-5-3-9-16(18)21(17-10-4-6-12-19(17)26)22-23(26)25(30)28(24(22)29)20-13-7-2-8-15(20)14-27/h2-13,21-23H,1H3/t21?,22-,23-,26?/m0/s1. The van der Waals surface area contributed by atoms with Crippen LogP contribution < -0.4 is 4.90 Å². The maximum absolute atomic E-state index is 13.8. The molecule has 144 valence electrons. The molecule has 3 aliphatic carbocycles. The highest BCUT2D eigenvalue weighted by atomic mass is 16.2. The molecule has 30 heavy (non-hydrogen) atoms. The number of nitrogens with zero attached hydrogens (tertiary/aromatic N) is 2. The smallest absolute Gasteiger partial charge is 0.238 e. The minimum Gasteiger partial charge on any atom is -0.274 e. The number of anilines is 1. The van der Waals surface area contributed by atoms with E-state index in [2.05, 4.69) is 37.3 Å². The minimum absolute atomic E-state index is 0.153. The van der Waals surface area contributed by atoms with Gasteiger partial charge >= 0.3 is 0 Å². The fraction of sp³-hybridized carbons (Fsp3) is 0.192. The second-order valence-electron chi connectivity index (χ2n) is 8.50. The zero-order chi connectivity index (χ0) is 20.6. The van der Waals surface area contributed by atoms with E-state index < -0.39 is 17.3 Å². The molecule has 1 saturated heterocycles. The number of hydrogen-bond donors (Lipinski definition) is 0. The van der Waals surface area contributed by atoms with Gasteiger partial charge in [-0.2, -0.15) is 5.26 Å². The lowest BCUT2D eigenvalue weighted by molar-refractivity contribution is -0.123. The van der Waals surface area contributed by atoms with Crippen molar-refractivity contribution in [2.45, 2.75) is 18.3 Å². The largest absolute Gasteiger partial charge is 0.274 e. The second-order valence-corrected chi connectivity index (χ2v) is 8.50. The van der Waals surface area contributed by atoms with Gasteiger partial charge in [0.1, 0.15) is 6.07 Å². The molecule has 0 unspecified atom stereocenters. The Morgan fingerprint density at radius 2 is 1.40 bits per heavy atom. The van der Waals surface area contributed by atoms with Crippen LogP contribution in [0.5, 0.6) is 0 Å². The Morgan fingerprint density at radius 1 is 0.833 bits per heavy atom. The van der Waals surface area contributed by atoms with Crippen molar-refractivity contribution in [3.63, 3.8) is 0 Å². The van der Waals surface area contributed by atoms with E-state index >= 15 is 0 Å². The minimum atomic E-state index is -0.588. The van der Waals surface area contributed by atoms with Gasteiger partial charge in [-0.1, -0.05) is 67.6 Å². The maximum Gasteiger partial charge on any atom is 0.238 e. The summed E-state index contributed by atoms with van der Waals surface area (Å²) in [5, 5.41) is 9.56. The van der Waals surface area contributed by atoms with E-state index in [0.717, 1.165) is 22.3 Å². The highest BCUT2D eigenvalue weighted by Crippen LogP contribution is 2.64. The normalized spacial score (nSPS) is 28.0. The van der Waals surface area contributed by atoms with Crippen molar-refractivity contribution < 1.29 is 9.59 Å². The van der Waals surface area contributed by atoms with E-state index in [1.807, 2.05) is 24.3 Å². The first-order valence-electron chi connectivity index (χ1n) is 10.1. The molecular weight excluding hydrogens is 372 g/mol. The van der Waals surface area contributed by atoms with Gasteiger partial charge in [0.2, 0.25) is 11.8 Å². The average Bonchev–Trinajstić information content (AvgIpc) is 3.05. The first kappa shape index (κ1) is 17.2. The molecule has 0 radical (unpaired) electrons. The van der Waals surface area contributed by atoms with Crippen molar-refractivity contribution in [1.29, 1.82) is 5.26 Å². The maximum atomic E-state index is 13.8. The molecule has 2 bridgehead atoms. The number of nitriles is 1. The molecule has 2 amide bonds. The van der Waals surface area contributed by atoms with Gasteiger partial charge in [-0.25, -0.2) is 4.90 Å². The molecule has 0 spiro atoms. The number of benzene rings is 3. The van der Waals surface area contributed by atoms with E-state index in [9.17, 15) is 14.9 Å². The fourth-order valence-electron chi connectivity index (χ4n) is 6.15. The van der Waals surface area contributed by atoms with Crippen LogP contribution in [-0.2, 0) is 15.0 Å². The Kier molecular flexibility index (Phi) is 3.25. The molecule has 4 nitrogen and oxygen atoms in total. The van der Waals surface area contributed by atoms with Crippen molar-refractivity contribution in [3.8, 4) is 6.07 Å². The summed E-state index contributed by atoms with van der Waals surface area (Å²) >= 11 is 0. The third-order valence-corrected chi connectivity index (χ3v) is 7.31. The molecule has 1 heterocycles. The van der Waals surface area contributed by atoms with Gasteiger partial charge in [-0.05, 0) is 34.4 Å². The number of amides is 2. The molecule has 1 fully saturated rings. The highest BCUT2D eigenvalue weighted by Gasteiger charge is 2.66. The van der Waals surface area contributed by atoms with Gasteiger partial charge in [0.05, 0.1) is 23.1 Å². The Bertz CT molecular complexity index is 1250. The molecule has 4 heteroatoms. The summed E-state index contributed by atoms with van der Waals surface area (Å²) in [4.78, 5) is 28.9. The molecule has 4 aliphatic rings. The van der Waals surface area contributed by atoms with Crippen LogP contribution >= 0.6 is 0 Å². The lowest BCUT2D eigenvalue weighted by Crippen LogP contribution is -2.51. The predicted molar refractivity (Wildman–Crippen MR) is 112 cm³/mol. The van der Waals surface area contributed by atoms with Crippen LogP contribution in [0.2, 0.25) is 0 Å². The van der Waals surface area contributed by atoms with E-state index in [-0.39, 0.29) is 17.7 Å². The number of hydrogen-bond acceptors (Lipinski definition) is 3. The van der Waals surface area contributed by atoms with E-state index in [1.165, 1.54) is 4.90 Å². The van der Waals surface area contributed by atoms with Crippen LogP contribution in [0.15, 0.2) is 72.8 Å². The Morgan fingerprint density at radius 3 is 2.03 bits per heavy atom. The van der Waals surface area contributed by atoms with Gasteiger partial charge in [-0.15, -0.1) is 0 Å². The van der Waals surface area contributed by atoms with Crippen LogP contribution in [0, 0.1) is 23.2 Å². The molecule has 0 N–H and O–H groups in total. The quantitative estimate of drug-likeness (QED) is 0.587. The zero-order valence-electron chi connectivity index (χ0n) is 16.4. The Hall–Kier alpha value is -3.71. The summed E-state index contributed by atoms with van der Waals surface area (Å²) in [6.07, 6.45) is 0. The molecule has 3 aromatic carbocycles. The van der Waals surface area contributed by atoms with Crippen LogP contribution in [0.4, 0.5) is 5.69 Å². The van der Waals surface area contributed by atoms with Crippen LogP contribution in [0.3, 0.4) is 0 Å². The summed E-state index contributed by atoms with van der Waals surface area (Å²) in [6.45, 7) is 2.10. The number of rotatable bonds is 1. The number of carbonyl (C=O) groups excluding carboxylic acids is 2. The van der Waals surface area contributed by atoms with E-state index in [4.69, 9.17) is 0 Å². The lowest BCUT2D eigenvalue weighted by Gasteiger charge is -2.52. The van der Waals surface area contributed by atoms with Crippen molar-refractivity contribution in [3.05, 3.63) is 101 Å². The van der Waals surface area contributed by atoms with Gasteiger partial charge in [0.25, 0.3) is 0 Å². The van der Waals surface area contributed by atoms with Crippen molar-refractivity contribution in [2.24, 2.45) is 11.8 Å². The van der Waals surface area contributed by atoms with Crippen molar-refractivity contribution >= 4 is 17.5 Å². The Balaban J connectivity index is 1.63. The highest BCUT2D eigenvalue weighted by molar-refractivity contribution is 6.24. The van der Waals surface area contributed by atoms with Crippen LogP contribution in [0.25, 0.3) is 0 Å².